The Balaban J connectivity index is 2.44. The van der Waals surface area contributed by atoms with E-state index < -0.39 is 18.0 Å². The molecule has 0 aliphatic rings. The van der Waals surface area contributed by atoms with Gasteiger partial charge in [-0.1, -0.05) is 11.6 Å². The van der Waals surface area contributed by atoms with Gasteiger partial charge in [-0.15, -0.1) is 0 Å². The highest BCUT2D eigenvalue weighted by molar-refractivity contribution is 6.30. The lowest BCUT2D eigenvalue weighted by Gasteiger charge is -2.17. The number of carbonyl (C=O) groups excluding carboxylic acids is 1. The number of aromatic nitrogens is 1. The molecule has 1 aromatic rings. The summed E-state index contributed by atoms with van der Waals surface area (Å²) in [5.41, 5.74) is 0. The van der Waals surface area contributed by atoms with E-state index in [1.807, 2.05) is 0 Å². The number of carboxylic acids is 1. The van der Waals surface area contributed by atoms with E-state index in [-0.39, 0.29) is 13.1 Å². The molecule has 0 aliphatic heterocycles. The van der Waals surface area contributed by atoms with Crippen molar-refractivity contribution in [3.05, 3.63) is 23.4 Å². The van der Waals surface area contributed by atoms with E-state index in [9.17, 15) is 9.59 Å². The molecule has 0 saturated carbocycles. The Kier molecular flexibility index (Phi) is 5.53. The van der Waals surface area contributed by atoms with Crippen molar-refractivity contribution in [1.29, 1.82) is 0 Å². The third-order valence-corrected chi connectivity index (χ3v) is 2.48. The molecule has 0 saturated heterocycles. The van der Waals surface area contributed by atoms with Crippen LogP contribution in [0.3, 0.4) is 0 Å². The number of hydrogen-bond donors (Lipinski definition) is 3. The number of halogens is 1. The third kappa shape index (κ3) is 5.11. The van der Waals surface area contributed by atoms with E-state index in [4.69, 9.17) is 21.8 Å². The van der Waals surface area contributed by atoms with E-state index in [2.05, 4.69) is 10.3 Å². The van der Waals surface area contributed by atoms with Gasteiger partial charge in [0.05, 0.1) is 18.1 Å². The van der Waals surface area contributed by atoms with Gasteiger partial charge in [0.1, 0.15) is 5.82 Å². The molecule has 104 valence electrons. The number of carboxylic acid groups (broad SMARTS) is 1. The molecule has 1 rings (SSSR count). The second kappa shape index (κ2) is 6.91. The molecule has 1 aromatic heterocycles. The van der Waals surface area contributed by atoms with E-state index in [1.54, 1.807) is 24.1 Å². The number of amides is 1. The molecule has 0 radical (unpaired) electrons. The number of anilines is 1. The molecule has 0 aromatic carbocycles. The summed E-state index contributed by atoms with van der Waals surface area (Å²) in [5, 5.41) is 20.3. The van der Waals surface area contributed by atoms with Crippen LogP contribution >= 0.6 is 11.6 Å². The van der Waals surface area contributed by atoms with Crippen LogP contribution in [0.15, 0.2) is 18.3 Å². The van der Waals surface area contributed by atoms with Gasteiger partial charge >= 0.3 is 5.97 Å². The first kappa shape index (κ1) is 15.2. The van der Waals surface area contributed by atoms with Crippen molar-refractivity contribution in [3.63, 3.8) is 0 Å². The zero-order valence-corrected chi connectivity index (χ0v) is 11.0. The fourth-order valence-electron chi connectivity index (χ4n) is 1.24. The number of nitrogens with zero attached hydrogens (tertiary/aromatic N) is 2. The van der Waals surface area contributed by atoms with Crippen molar-refractivity contribution in [2.45, 2.75) is 6.10 Å². The predicted octanol–water partition coefficient (Wildman–Crippen LogP) is -0.267. The molecule has 19 heavy (non-hydrogen) atoms. The Bertz CT molecular complexity index is 452. The number of aliphatic hydroxyl groups is 1. The summed E-state index contributed by atoms with van der Waals surface area (Å²) in [6, 6.07) is 3.30. The van der Waals surface area contributed by atoms with E-state index in [1.165, 1.54) is 6.20 Å². The van der Waals surface area contributed by atoms with Crippen LogP contribution < -0.4 is 10.2 Å². The van der Waals surface area contributed by atoms with Gasteiger partial charge in [0.2, 0.25) is 5.91 Å². The molecule has 0 spiro atoms. The highest BCUT2D eigenvalue weighted by atomic mass is 35.5. The van der Waals surface area contributed by atoms with Gasteiger partial charge in [-0.25, -0.2) is 9.78 Å². The van der Waals surface area contributed by atoms with Crippen molar-refractivity contribution in [2.75, 3.05) is 25.0 Å². The number of pyridine rings is 1. The number of aliphatic carboxylic acids is 1. The zero-order chi connectivity index (χ0) is 14.4. The summed E-state index contributed by atoms with van der Waals surface area (Å²) >= 11 is 5.69. The second-order valence-electron chi connectivity index (χ2n) is 3.85. The first-order chi connectivity index (χ1) is 8.90. The Morgan fingerprint density at radius 3 is 2.74 bits per heavy atom. The molecular weight excluding hydrogens is 274 g/mol. The number of nitrogens with one attached hydrogen (secondary N) is 1. The topological polar surface area (TPSA) is 103 Å². The predicted molar refractivity (Wildman–Crippen MR) is 69.2 cm³/mol. The van der Waals surface area contributed by atoms with Crippen molar-refractivity contribution in [1.82, 2.24) is 10.3 Å². The quantitative estimate of drug-likeness (QED) is 0.666. The van der Waals surface area contributed by atoms with Gasteiger partial charge in [-0.2, -0.15) is 0 Å². The summed E-state index contributed by atoms with van der Waals surface area (Å²) in [5.74, 6) is -1.24. The average Bonchev–Trinajstić information content (AvgIpc) is 2.36. The minimum Gasteiger partial charge on any atom is -0.479 e. The summed E-state index contributed by atoms with van der Waals surface area (Å²) in [6.45, 7) is -0.350. The largest absolute Gasteiger partial charge is 0.479 e. The lowest BCUT2D eigenvalue weighted by atomic mass is 10.3. The molecule has 0 fully saturated rings. The molecule has 0 bridgehead atoms. The minimum absolute atomic E-state index is 0.0129. The van der Waals surface area contributed by atoms with Crippen LogP contribution in [0.5, 0.6) is 0 Å². The van der Waals surface area contributed by atoms with Crippen LogP contribution in [0.2, 0.25) is 5.02 Å². The number of carbonyl (C=O) groups is 2. The maximum atomic E-state index is 11.5. The van der Waals surface area contributed by atoms with Crippen LogP contribution in [0.4, 0.5) is 5.82 Å². The highest BCUT2D eigenvalue weighted by Crippen LogP contribution is 2.12. The van der Waals surface area contributed by atoms with Gasteiger partial charge in [0.15, 0.2) is 6.10 Å². The Morgan fingerprint density at radius 1 is 1.53 bits per heavy atom. The van der Waals surface area contributed by atoms with Crippen molar-refractivity contribution >= 4 is 29.3 Å². The van der Waals surface area contributed by atoms with E-state index in [0.29, 0.717) is 10.8 Å². The molecular formula is C11H14ClN3O4. The van der Waals surface area contributed by atoms with Gasteiger partial charge < -0.3 is 20.4 Å². The monoisotopic (exact) mass is 287 g/mol. The minimum atomic E-state index is -1.61. The van der Waals surface area contributed by atoms with E-state index >= 15 is 0 Å². The standard InChI is InChI=1S/C11H14ClN3O4/c1-15(9-3-2-7(12)4-13-9)6-10(17)14-5-8(16)11(18)19/h2-4,8,16H,5-6H2,1H3,(H,14,17)(H,18,19)/t8-/m0/s1. The molecule has 0 unspecified atom stereocenters. The molecule has 8 heteroatoms. The Morgan fingerprint density at radius 2 is 2.21 bits per heavy atom. The molecule has 3 N–H and O–H groups in total. The lowest BCUT2D eigenvalue weighted by molar-refractivity contribution is -0.146. The maximum absolute atomic E-state index is 11.5. The highest BCUT2D eigenvalue weighted by Gasteiger charge is 2.15. The van der Waals surface area contributed by atoms with Crippen molar-refractivity contribution < 1.29 is 19.8 Å². The number of likely N-dealkylation sites (N-methyl/N-ethyl adjacent to an activating group) is 1. The van der Waals surface area contributed by atoms with Crippen LogP contribution in [-0.2, 0) is 9.59 Å². The van der Waals surface area contributed by atoms with Crippen molar-refractivity contribution in [3.8, 4) is 0 Å². The van der Waals surface area contributed by atoms with Crippen LogP contribution in [0.1, 0.15) is 0 Å². The first-order valence-electron chi connectivity index (χ1n) is 5.40. The molecule has 1 atom stereocenters. The summed E-state index contributed by atoms with van der Waals surface area (Å²) in [7, 11) is 1.66. The van der Waals surface area contributed by atoms with Gasteiger partial charge in [0, 0.05) is 13.2 Å². The molecule has 0 aliphatic carbocycles. The van der Waals surface area contributed by atoms with Crippen molar-refractivity contribution in [2.24, 2.45) is 0 Å². The fraction of sp³-hybridized carbons (Fsp3) is 0.364. The lowest BCUT2D eigenvalue weighted by Crippen LogP contribution is -2.41. The van der Waals surface area contributed by atoms with Gasteiger partial charge in [0.25, 0.3) is 0 Å². The zero-order valence-electron chi connectivity index (χ0n) is 10.2. The van der Waals surface area contributed by atoms with Gasteiger partial charge in [-0.3, -0.25) is 4.79 Å². The average molecular weight is 288 g/mol. The van der Waals surface area contributed by atoms with E-state index in [0.717, 1.165) is 0 Å². The SMILES string of the molecule is CN(CC(=O)NC[C@H](O)C(=O)O)c1ccc(Cl)cn1. The molecule has 1 heterocycles. The summed E-state index contributed by atoms with van der Waals surface area (Å²) in [4.78, 5) is 27.5. The normalized spacial score (nSPS) is 11.7. The Hall–Kier alpha value is -1.86. The summed E-state index contributed by atoms with van der Waals surface area (Å²) in [6.07, 6.45) is -0.151. The molecule has 1 amide bonds. The van der Waals surface area contributed by atoms with Crippen LogP contribution in [0.25, 0.3) is 0 Å². The fourth-order valence-corrected chi connectivity index (χ4v) is 1.36. The number of rotatable bonds is 6. The van der Waals surface area contributed by atoms with Crippen LogP contribution in [0, 0.1) is 0 Å². The summed E-state index contributed by atoms with van der Waals surface area (Å²) < 4.78 is 0. The van der Waals surface area contributed by atoms with Gasteiger partial charge in [-0.05, 0) is 12.1 Å². The number of aliphatic hydroxyl groups excluding tert-OH is 1. The molecule has 7 nitrogen and oxygen atoms in total. The third-order valence-electron chi connectivity index (χ3n) is 2.26. The smallest absolute Gasteiger partial charge is 0.334 e. The Labute approximate surface area is 114 Å². The number of hydrogen-bond acceptors (Lipinski definition) is 5. The first-order valence-corrected chi connectivity index (χ1v) is 5.78. The second-order valence-corrected chi connectivity index (χ2v) is 4.29. The maximum Gasteiger partial charge on any atom is 0.334 e. The van der Waals surface area contributed by atoms with Crippen LogP contribution in [-0.4, -0.2) is 53.3 Å².